The van der Waals surface area contributed by atoms with Gasteiger partial charge in [0, 0.05) is 32.8 Å². The van der Waals surface area contributed by atoms with Crippen LogP contribution in [-0.2, 0) is 0 Å². The van der Waals surface area contributed by atoms with Crippen molar-refractivity contribution < 1.29 is 0 Å². The minimum Gasteiger partial charge on any atom is -0.248 e. The fourth-order valence-electron chi connectivity index (χ4n) is 7.34. The number of rotatable bonds is 8. The molecular weight excluding hydrogens is 714 g/mol. The monoisotopic (exact) mass is 751 g/mol. The predicted molar refractivity (Wildman–Crippen MR) is 239 cm³/mol. The smallest absolute Gasteiger partial charge is 0.160 e. The van der Waals surface area contributed by atoms with Crippen molar-refractivity contribution in [3.05, 3.63) is 228 Å². The van der Waals surface area contributed by atoms with Crippen molar-refractivity contribution in [2.45, 2.75) is 12.8 Å². The van der Waals surface area contributed by atoms with E-state index in [4.69, 9.17) is 26.6 Å². The normalized spacial score (nSPS) is 15.6. The molecule has 4 heteroatoms. The molecule has 1 aromatic heterocycles. The van der Waals surface area contributed by atoms with Crippen LogP contribution in [0, 0.1) is 0 Å². The molecule has 0 saturated carbocycles. The number of hydrogen-bond donors (Lipinski definition) is 0. The Kier molecular flexibility index (Phi) is 10.3. The fraction of sp³-hybridized carbons (Fsp3) is 0.0377. The van der Waals surface area contributed by atoms with Crippen molar-refractivity contribution in [1.29, 1.82) is 0 Å². The summed E-state index contributed by atoms with van der Waals surface area (Å²) in [7, 11) is 0. The van der Waals surface area contributed by atoms with E-state index in [2.05, 4.69) is 152 Å². The second-order valence-electron chi connectivity index (χ2n) is 14.1. The second kappa shape index (κ2) is 16.4. The van der Waals surface area contributed by atoms with Crippen LogP contribution < -0.4 is 0 Å². The van der Waals surface area contributed by atoms with Crippen LogP contribution in [0.5, 0.6) is 0 Å². The number of hydrogen-bond acceptors (Lipinski definition) is 3. The largest absolute Gasteiger partial charge is 0.248 e. The first-order chi connectivity index (χ1) is 28.1. The molecule has 0 unspecified atom stereocenters. The van der Waals surface area contributed by atoms with Gasteiger partial charge in [0.25, 0.3) is 0 Å². The van der Waals surface area contributed by atoms with Gasteiger partial charge >= 0.3 is 0 Å². The standard InChI is InChI=1S/C53H38ClN3/c54-48-33-46(41-24-13-27-44(30-41)49-29-15-26-43(37-16-5-1-6-17-37)35-50(55-49)38-18-7-2-8-19-38)32-47(34-48)42-25-14-28-45(31-42)53-56-51(39-20-9-3-10-21-39)36-52(57-53)40-22-11-4-12-23-40/h1-14,16-25,27-36H,15,26H2/b43-35+,49-29+,55-50+. The Balaban J connectivity index is 1.07. The second-order valence-corrected chi connectivity index (χ2v) is 14.5. The van der Waals surface area contributed by atoms with E-state index in [1.165, 1.54) is 11.1 Å². The highest BCUT2D eigenvalue weighted by atomic mass is 35.5. The number of benzene rings is 7. The molecule has 0 N–H and O–H groups in total. The SMILES string of the molecule is Clc1cc(-c2cccc(C3=C\CC\C(c4ccccc4)=C/C(c4ccccc4)=N\3)c2)cc(-c2cccc(-c3nc(-c4ccccc4)cc(-c4ccccc4)n3)c2)c1. The molecule has 0 amide bonds. The lowest BCUT2D eigenvalue weighted by atomic mass is 9.94. The van der Waals surface area contributed by atoms with E-state index < -0.39 is 0 Å². The summed E-state index contributed by atoms with van der Waals surface area (Å²) < 4.78 is 0. The summed E-state index contributed by atoms with van der Waals surface area (Å²) in [5.74, 6) is 0.667. The van der Waals surface area contributed by atoms with E-state index in [-0.39, 0.29) is 0 Å². The van der Waals surface area contributed by atoms with Crippen LogP contribution in [0.25, 0.3) is 67.4 Å². The Morgan fingerprint density at radius 1 is 0.386 bits per heavy atom. The summed E-state index contributed by atoms with van der Waals surface area (Å²) in [6, 6.07) is 66.9. The van der Waals surface area contributed by atoms with Gasteiger partial charge in [0.2, 0.25) is 0 Å². The summed E-state index contributed by atoms with van der Waals surface area (Å²) >= 11 is 6.90. The average molecular weight is 752 g/mol. The lowest BCUT2D eigenvalue weighted by Crippen LogP contribution is -2.02. The van der Waals surface area contributed by atoms with E-state index in [1.807, 2.05) is 54.6 Å². The van der Waals surface area contributed by atoms with E-state index in [0.717, 1.165) is 85.7 Å². The Morgan fingerprint density at radius 2 is 0.842 bits per heavy atom. The number of allylic oxidation sites excluding steroid dienone is 3. The molecule has 0 saturated heterocycles. The molecule has 7 aromatic carbocycles. The van der Waals surface area contributed by atoms with E-state index in [9.17, 15) is 0 Å². The third-order valence-corrected chi connectivity index (χ3v) is 10.4. The van der Waals surface area contributed by atoms with Crippen molar-refractivity contribution in [3.63, 3.8) is 0 Å². The summed E-state index contributed by atoms with van der Waals surface area (Å²) in [4.78, 5) is 15.5. The minimum absolute atomic E-state index is 0.667. The zero-order chi connectivity index (χ0) is 38.4. The summed E-state index contributed by atoms with van der Waals surface area (Å²) in [5, 5.41) is 0.667. The predicted octanol–water partition coefficient (Wildman–Crippen LogP) is 14.2. The summed E-state index contributed by atoms with van der Waals surface area (Å²) in [6.45, 7) is 0. The number of halogens is 1. The van der Waals surface area contributed by atoms with Crippen molar-refractivity contribution in [2.75, 3.05) is 0 Å². The maximum atomic E-state index is 6.90. The van der Waals surface area contributed by atoms with Gasteiger partial charge in [-0.2, -0.15) is 0 Å². The molecular formula is C53H38ClN3. The van der Waals surface area contributed by atoms with Crippen LogP contribution in [-0.4, -0.2) is 15.7 Å². The van der Waals surface area contributed by atoms with E-state index in [0.29, 0.717) is 10.8 Å². The Hall–Kier alpha value is -6.94. The fourth-order valence-corrected chi connectivity index (χ4v) is 7.57. The first kappa shape index (κ1) is 35.7. The van der Waals surface area contributed by atoms with Crippen molar-refractivity contribution >= 4 is 28.6 Å². The van der Waals surface area contributed by atoms with Crippen LogP contribution in [0.15, 0.2) is 211 Å². The third-order valence-electron chi connectivity index (χ3n) is 10.2. The molecule has 3 nitrogen and oxygen atoms in total. The van der Waals surface area contributed by atoms with Gasteiger partial charge in [0.05, 0.1) is 22.8 Å². The van der Waals surface area contributed by atoms with Crippen molar-refractivity contribution in [2.24, 2.45) is 4.99 Å². The zero-order valence-corrected chi connectivity index (χ0v) is 32.0. The Morgan fingerprint density at radius 3 is 1.42 bits per heavy atom. The van der Waals surface area contributed by atoms with Crippen LogP contribution in [0.3, 0.4) is 0 Å². The van der Waals surface area contributed by atoms with Crippen LogP contribution >= 0.6 is 11.6 Å². The maximum Gasteiger partial charge on any atom is 0.160 e. The van der Waals surface area contributed by atoms with Gasteiger partial charge in [-0.25, -0.2) is 15.0 Å². The number of nitrogens with zero attached hydrogens (tertiary/aromatic N) is 3. The summed E-state index contributed by atoms with van der Waals surface area (Å²) in [5.41, 5.74) is 15.5. The number of aliphatic imine (C=N–C) groups is 1. The van der Waals surface area contributed by atoms with Gasteiger partial charge in [0.15, 0.2) is 5.82 Å². The van der Waals surface area contributed by atoms with Gasteiger partial charge in [0.1, 0.15) is 0 Å². The molecule has 2 heterocycles. The van der Waals surface area contributed by atoms with Gasteiger partial charge in [-0.05, 0) is 88.7 Å². The molecule has 1 aliphatic rings. The highest BCUT2D eigenvalue weighted by Gasteiger charge is 2.15. The minimum atomic E-state index is 0.667. The highest BCUT2D eigenvalue weighted by molar-refractivity contribution is 6.31. The summed E-state index contributed by atoms with van der Waals surface area (Å²) in [6.07, 6.45) is 6.33. The quantitative estimate of drug-likeness (QED) is 0.155. The topological polar surface area (TPSA) is 38.1 Å². The van der Waals surface area contributed by atoms with Crippen LogP contribution in [0.1, 0.15) is 29.5 Å². The van der Waals surface area contributed by atoms with E-state index in [1.54, 1.807) is 0 Å². The highest BCUT2D eigenvalue weighted by Crippen LogP contribution is 2.35. The zero-order valence-electron chi connectivity index (χ0n) is 31.3. The molecule has 272 valence electrons. The molecule has 9 rings (SSSR count). The Labute approximate surface area is 339 Å². The molecule has 57 heavy (non-hydrogen) atoms. The molecule has 0 radical (unpaired) electrons. The van der Waals surface area contributed by atoms with Gasteiger partial charge in [-0.1, -0.05) is 175 Å². The average Bonchev–Trinajstić information content (AvgIpc) is 3.27. The van der Waals surface area contributed by atoms with Crippen LogP contribution in [0.4, 0.5) is 0 Å². The van der Waals surface area contributed by atoms with Crippen molar-refractivity contribution in [1.82, 2.24) is 9.97 Å². The molecule has 1 aliphatic heterocycles. The lowest BCUT2D eigenvalue weighted by Gasteiger charge is -2.15. The first-order valence-electron chi connectivity index (χ1n) is 19.3. The molecule has 0 aliphatic carbocycles. The van der Waals surface area contributed by atoms with E-state index >= 15 is 0 Å². The lowest BCUT2D eigenvalue weighted by molar-refractivity contribution is 1.06. The molecule has 0 bridgehead atoms. The number of aromatic nitrogens is 2. The third kappa shape index (κ3) is 8.21. The first-order valence-corrected chi connectivity index (χ1v) is 19.6. The van der Waals surface area contributed by atoms with Gasteiger partial charge in [-0.15, -0.1) is 0 Å². The van der Waals surface area contributed by atoms with Gasteiger partial charge in [-0.3, -0.25) is 0 Å². The Bertz CT molecular complexity index is 2710. The molecule has 0 atom stereocenters. The maximum absolute atomic E-state index is 6.90. The molecule has 0 fully saturated rings. The molecule has 0 spiro atoms. The van der Waals surface area contributed by atoms with Crippen molar-refractivity contribution in [3.8, 4) is 56.2 Å². The van der Waals surface area contributed by atoms with Crippen LogP contribution in [0.2, 0.25) is 5.02 Å². The molecule has 8 aromatic rings. The van der Waals surface area contributed by atoms with Gasteiger partial charge < -0.3 is 0 Å².